The summed E-state index contributed by atoms with van der Waals surface area (Å²) in [6.07, 6.45) is 6.37. The molecule has 1 aromatic carbocycles. The second-order valence-corrected chi connectivity index (χ2v) is 7.08. The van der Waals surface area contributed by atoms with Gasteiger partial charge in [0.05, 0.1) is 0 Å². The first kappa shape index (κ1) is 14.8. The first-order valence-electron chi connectivity index (χ1n) is 8.19. The summed E-state index contributed by atoms with van der Waals surface area (Å²) in [5.41, 5.74) is 4.59. The van der Waals surface area contributed by atoms with Crippen LogP contribution < -0.4 is 5.32 Å². The van der Waals surface area contributed by atoms with Crippen molar-refractivity contribution in [2.24, 2.45) is 0 Å². The molecule has 1 aliphatic rings. The van der Waals surface area contributed by atoms with Crippen LogP contribution in [0.25, 0.3) is 0 Å². The van der Waals surface area contributed by atoms with E-state index in [1.54, 1.807) is 11.1 Å². The molecule has 0 bridgehead atoms. The lowest BCUT2D eigenvalue weighted by molar-refractivity contribution is 0.461. The van der Waals surface area contributed by atoms with Crippen LogP contribution in [0.3, 0.4) is 0 Å². The molecule has 1 N–H and O–H groups in total. The van der Waals surface area contributed by atoms with Gasteiger partial charge in [-0.3, -0.25) is 0 Å². The summed E-state index contributed by atoms with van der Waals surface area (Å²) >= 11 is 1.85. The van der Waals surface area contributed by atoms with Gasteiger partial charge in [0.2, 0.25) is 0 Å². The van der Waals surface area contributed by atoms with Crippen molar-refractivity contribution < 1.29 is 0 Å². The minimum absolute atomic E-state index is 0.407. The van der Waals surface area contributed by atoms with Crippen molar-refractivity contribution >= 4 is 11.3 Å². The Hall–Kier alpha value is -1.12. The van der Waals surface area contributed by atoms with E-state index in [1.807, 2.05) is 11.3 Å². The maximum absolute atomic E-state index is 3.80. The van der Waals surface area contributed by atoms with Gasteiger partial charge in [-0.1, -0.05) is 31.2 Å². The van der Waals surface area contributed by atoms with Gasteiger partial charge < -0.3 is 5.32 Å². The van der Waals surface area contributed by atoms with Crippen molar-refractivity contribution in [3.63, 3.8) is 0 Å². The third kappa shape index (κ3) is 3.38. The molecule has 0 radical (unpaired) electrons. The quantitative estimate of drug-likeness (QED) is 0.776. The van der Waals surface area contributed by atoms with Crippen molar-refractivity contribution in [1.29, 1.82) is 0 Å². The molecule has 21 heavy (non-hydrogen) atoms. The van der Waals surface area contributed by atoms with Crippen molar-refractivity contribution in [3.05, 3.63) is 57.3 Å². The van der Waals surface area contributed by atoms with Crippen molar-refractivity contribution in [1.82, 2.24) is 5.32 Å². The van der Waals surface area contributed by atoms with Crippen LogP contribution in [-0.4, -0.2) is 0 Å². The minimum Gasteiger partial charge on any atom is -0.303 e. The smallest absolute Gasteiger partial charge is 0.0416 e. The molecule has 2 heteroatoms. The Bertz CT molecular complexity index is 573. The molecule has 1 aliphatic carbocycles. The fourth-order valence-electron chi connectivity index (χ4n) is 3.31. The van der Waals surface area contributed by atoms with Gasteiger partial charge >= 0.3 is 0 Å². The highest BCUT2D eigenvalue weighted by Gasteiger charge is 2.16. The molecule has 1 nitrogen and oxygen atoms in total. The highest BCUT2D eigenvalue weighted by atomic mass is 32.1. The molecule has 3 rings (SSSR count). The lowest BCUT2D eigenvalue weighted by Gasteiger charge is -2.24. The van der Waals surface area contributed by atoms with Crippen LogP contribution in [0.2, 0.25) is 0 Å². The molecule has 0 amide bonds. The van der Waals surface area contributed by atoms with Gasteiger partial charge in [0.15, 0.2) is 0 Å². The van der Waals surface area contributed by atoms with E-state index in [4.69, 9.17) is 0 Å². The summed E-state index contributed by atoms with van der Waals surface area (Å²) in [6.45, 7) is 4.55. The minimum atomic E-state index is 0.407. The van der Waals surface area contributed by atoms with Gasteiger partial charge in [-0.15, -0.1) is 11.3 Å². The molecule has 0 saturated heterocycles. The average molecular weight is 299 g/mol. The summed E-state index contributed by atoms with van der Waals surface area (Å²) in [4.78, 5) is 1.45. The van der Waals surface area contributed by atoms with E-state index in [0.29, 0.717) is 12.1 Å². The van der Waals surface area contributed by atoms with Crippen LogP contribution in [0.15, 0.2) is 35.7 Å². The third-order valence-corrected chi connectivity index (χ3v) is 5.60. The highest BCUT2D eigenvalue weighted by molar-refractivity contribution is 7.10. The predicted octanol–water partition coefficient (Wildman–Crippen LogP) is 5.43. The molecule has 2 atom stereocenters. The molecular weight excluding hydrogens is 274 g/mol. The summed E-state index contributed by atoms with van der Waals surface area (Å²) in [5, 5.41) is 5.97. The fraction of sp³-hybridized carbons (Fsp3) is 0.474. The second-order valence-electron chi connectivity index (χ2n) is 6.10. The first-order valence-corrected chi connectivity index (χ1v) is 9.07. The molecule has 0 aliphatic heterocycles. The number of nitrogens with one attached hydrogen (secondary N) is 1. The van der Waals surface area contributed by atoms with Crippen molar-refractivity contribution in [2.45, 2.75) is 58.0 Å². The maximum Gasteiger partial charge on any atom is 0.0416 e. The van der Waals surface area contributed by atoms with E-state index in [1.165, 1.54) is 36.1 Å². The Morgan fingerprint density at radius 2 is 1.95 bits per heavy atom. The van der Waals surface area contributed by atoms with Gasteiger partial charge in [0.1, 0.15) is 0 Å². The zero-order chi connectivity index (χ0) is 14.7. The summed E-state index contributed by atoms with van der Waals surface area (Å²) < 4.78 is 0. The van der Waals surface area contributed by atoms with Crippen LogP contribution in [0.1, 0.15) is 66.8 Å². The van der Waals surface area contributed by atoms with Gasteiger partial charge in [0, 0.05) is 17.0 Å². The van der Waals surface area contributed by atoms with E-state index < -0.39 is 0 Å². The van der Waals surface area contributed by atoms with Crippen molar-refractivity contribution in [2.75, 3.05) is 0 Å². The summed E-state index contributed by atoms with van der Waals surface area (Å²) in [5.74, 6) is 0. The molecule has 1 heterocycles. The number of rotatable bonds is 5. The van der Waals surface area contributed by atoms with E-state index >= 15 is 0 Å². The average Bonchev–Trinajstić information content (AvgIpc) is 3.06. The second kappa shape index (κ2) is 6.76. The first-order chi connectivity index (χ1) is 10.3. The molecule has 0 spiro atoms. The van der Waals surface area contributed by atoms with Crippen LogP contribution in [0.4, 0.5) is 0 Å². The largest absolute Gasteiger partial charge is 0.303 e. The highest BCUT2D eigenvalue weighted by Crippen LogP contribution is 2.28. The number of thiophene rings is 1. The van der Waals surface area contributed by atoms with E-state index in [-0.39, 0.29) is 0 Å². The van der Waals surface area contributed by atoms with Crippen LogP contribution in [0.5, 0.6) is 0 Å². The number of fused-ring (bicyclic) bond motifs is 1. The molecule has 2 aromatic rings. The number of aryl methyl sites for hydroxylation is 2. The Morgan fingerprint density at radius 1 is 1.14 bits per heavy atom. The van der Waals surface area contributed by atoms with E-state index in [2.05, 4.69) is 54.9 Å². The lowest BCUT2D eigenvalue weighted by Crippen LogP contribution is -2.23. The Labute approximate surface area is 132 Å². The summed E-state index contributed by atoms with van der Waals surface area (Å²) in [7, 11) is 0. The Balaban J connectivity index is 1.74. The standard InChI is InChI=1S/C19H25NS/c1-3-18(19-9-6-12-21-19)20-14(2)16-11-10-15-7-4-5-8-17(15)13-16/h6,9-14,18,20H,3-5,7-8H2,1-2H3. The van der Waals surface area contributed by atoms with E-state index in [9.17, 15) is 0 Å². The zero-order valence-corrected chi connectivity index (χ0v) is 13.9. The number of benzene rings is 1. The normalized spacial score (nSPS) is 17.2. The van der Waals surface area contributed by atoms with Crippen LogP contribution >= 0.6 is 11.3 Å². The molecule has 1 aromatic heterocycles. The SMILES string of the molecule is CCC(NC(C)c1ccc2c(c1)CCCC2)c1cccs1. The third-order valence-electron chi connectivity index (χ3n) is 4.62. The zero-order valence-electron chi connectivity index (χ0n) is 13.1. The monoisotopic (exact) mass is 299 g/mol. The molecule has 2 unspecified atom stereocenters. The number of hydrogen-bond acceptors (Lipinski definition) is 2. The summed E-state index contributed by atoms with van der Waals surface area (Å²) in [6, 6.07) is 12.4. The fourth-order valence-corrected chi connectivity index (χ4v) is 4.18. The van der Waals surface area contributed by atoms with Gasteiger partial charge in [-0.2, -0.15) is 0 Å². The van der Waals surface area contributed by atoms with Crippen LogP contribution in [-0.2, 0) is 12.8 Å². The molecule has 112 valence electrons. The van der Waals surface area contributed by atoms with Gasteiger partial charge in [0.25, 0.3) is 0 Å². The van der Waals surface area contributed by atoms with Crippen molar-refractivity contribution in [3.8, 4) is 0 Å². The topological polar surface area (TPSA) is 12.0 Å². The lowest BCUT2D eigenvalue weighted by atomic mass is 9.89. The molecule has 0 saturated carbocycles. The van der Waals surface area contributed by atoms with E-state index in [0.717, 1.165) is 6.42 Å². The molecule has 0 fully saturated rings. The molecular formula is C19H25NS. The number of hydrogen-bond donors (Lipinski definition) is 1. The van der Waals surface area contributed by atoms with Gasteiger partial charge in [-0.05, 0) is 67.2 Å². The maximum atomic E-state index is 3.80. The Morgan fingerprint density at radius 3 is 2.67 bits per heavy atom. The van der Waals surface area contributed by atoms with Gasteiger partial charge in [-0.25, -0.2) is 0 Å². The van der Waals surface area contributed by atoms with Crippen LogP contribution in [0, 0.1) is 0 Å². The predicted molar refractivity (Wildman–Crippen MR) is 92.0 cm³/mol. The Kier molecular flexibility index (Phi) is 4.77.